The molecule has 3 N–H and O–H groups in total. The predicted molar refractivity (Wildman–Crippen MR) is 51.4 cm³/mol. The predicted octanol–water partition coefficient (Wildman–Crippen LogP) is 0.302. The fraction of sp³-hybridized carbons (Fsp3) is 0.400. The van der Waals surface area contributed by atoms with Gasteiger partial charge in [0, 0.05) is 13.1 Å². The second kappa shape index (κ2) is 5.70. The molecule has 3 heteroatoms. The molecule has 1 aromatic carbocycles. The van der Waals surface area contributed by atoms with E-state index in [1.54, 1.807) is 0 Å². The molecule has 1 rings (SSSR count). The molecule has 0 saturated carbocycles. The molecule has 0 spiro atoms. The summed E-state index contributed by atoms with van der Waals surface area (Å²) in [5, 5.41) is 21.0. The van der Waals surface area contributed by atoms with E-state index < -0.39 is 6.10 Å². The maximum Gasteiger partial charge on any atom is 0.0914 e. The van der Waals surface area contributed by atoms with Crippen LogP contribution in [-0.4, -0.2) is 29.9 Å². The van der Waals surface area contributed by atoms with Gasteiger partial charge in [-0.15, -0.1) is 0 Å². The lowest BCUT2D eigenvalue weighted by molar-refractivity contribution is 0.171. The molecule has 0 amide bonds. The minimum Gasteiger partial charge on any atom is -0.395 e. The molecule has 13 heavy (non-hydrogen) atoms. The van der Waals surface area contributed by atoms with Gasteiger partial charge in [-0.05, 0) is 5.56 Å². The molecule has 1 aromatic rings. The van der Waals surface area contributed by atoms with Gasteiger partial charge >= 0.3 is 0 Å². The van der Waals surface area contributed by atoms with Crippen LogP contribution in [0.3, 0.4) is 0 Å². The summed E-state index contributed by atoms with van der Waals surface area (Å²) in [6, 6.07) is 9.46. The Morgan fingerprint density at radius 1 is 1.23 bits per heavy atom. The smallest absolute Gasteiger partial charge is 0.0914 e. The van der Waals surface area contributed by atoms with E-state index in [0.29, 0.717) is 13.1 Å². The van der Waals surface area contributed by atoms with Gasteiger partial charge in [0.25, 0.3) is 0 Å². The Morgan fingerprint density at radius 2 is 1.92 bits per heavy atom. The van der Waals surface area contributed by atoms with Crippen molar-refractivity contribution in [3.8, 4) is 0 Å². The van der Waals surface area contributed by atoms with Crippen molar-refractivity contribution in [1.29, 1.82) is 0 Å². The summed E-state index contributed by atoms with van der Waals surface area (Å²) < 4.78 is 0. The van der Waals surface area contributed by atoms with Crippen molar-refractivity contribution >= 4 is 0 Å². The monoisotopic (exact) mass is 181 g/mol. The molecule has 1 atom stereocenters. The third-order valence-electron chi connectivity index (χ3n) is 1.81. The van der Waals surface area contributed by atoms with Crippen LogP contribution in [0.2, 0.25) is 0 Å². The first kappa shape index (κ1) is 10.2. The van der Waals surface area contributed by atoms with Gasteiger partial charge in [0.2, 0.25) is 0 Å². The Kier molecular flexibility index (Phi) is 4.46. The van der Waals surface area contributed by atoms with Crippen LogP contribution in [0.25, 0.3) is 0 Å². The zero-order valence-corrected chi connectivity index (χ0v) is 7.48. The molecule has 0 aromatic heterocycles. The van der Waals surface area contributed by atoms with E-state index in [4.69, 9.17) is 5.11 Å². The maximum absolute atomic E-state index is 9.60. The van der Waals surface area contributed by atoms with Crippen molar-refractivity contribution in [3.63, 3.8) is 0 Å². The summed E-state index contributed by atoms with van der Waals surface area (Å²) in [5.41, 5.74) is 0.896. The summed E-state index contributed by atoms with van der Waals surface area (Å²) in [5.74, 6) is 0. The highest BCUT2D eigenvalue weighted by molar-refractivity contribution is 5.17. The normalized spacial score (nSPS) is 12.8. The number of nitrogens with one attached hydrogen (secondary N) is 1. The van der Waals surface area contributed by atoms with Crippen LogP contribution in [0.4, 0.5) is 0 Å². The van der Waals surface area contributed by atoms with Gasteiger partial charge in [-0.25, -0.2) is 0 Å². The second-order valence-electron chi connectivity index (χ2n) is 2.85. The summed E-state index contributed by atoms with van der Waals surface area (Å²) in [4.78, 5) is 0. The van der Waals surface area contributed by atoms with Crippen molar-refractivity contribution in [2.45, 2.75) is 6.10 Å². The van der Waals surface area contributed by atoms with Crippen molar-refractivity contribution in [3.05, 3.63) is 35.9 Å². The lowest BCUT2D eigenvalue weighted by atomic mass is 10.1. The first-order chi connectivity index (χ1) is 6.34. The largest absolute Gasteiger partial charge is 0.395 e. The molecule has 0 unspecified atom stereocenters. The molecule has 0 radical (unpaired) electrons. The lowest BCUT2D eigenvalue weighted by Gasteiger charge is -2.10. The number of rotatable bonds is 5. The van der Waals surface area contributed by atoms with Gasteiger partial charge in [-0.1, -0.05) is 30.3 Å². The molecule has 3 nitrogen and oxygen atoms in total. The maximum atomic E-state index is 9.60. The third-order valence-corrected chi connectivity index (χ3v) is 1.81. The van der Waals surface area contributed by atoms with E-state index in [1.165, 1.54) is 0 Å². The highest BCUT2D eigenvalue weighted by Crippen LogP contribution is 2.09. The average Bonchev–Trinajstić information content (AvgIpc) is 2.19. The molecular formula is C10H15NO2. The van der Waals surface area contributed by atoms with Crippen molar-refractivity contribution in [2.75, 3.05) is 19.7 Å². The Hall–Kier alpha value is -0.900. The summed E-state index contributed by atoms with van der Waals surface area (Å²) in [6.07, 6.45) is -0.493. The van der Waals surface area contributed by atoms with Crippen LogP contribution >= 0.6 is 0 Å². The molecule has 0 aliphatic carbocycles. The summed E-state index contributed by atoms with van der Waals surface area (Å²) in [6.45, 7) is 1.09. The molecule has 0 aliphatic heterocycles. The Balaban J connectivity index is 2.35. The minimum atomic E-state index is -0.493. The van der Waals surface area contributed by atoms with Crippen molar-refractivity contribution < 1.29 is 10.2 Å². The lowest BCUT2D eigenvalue weighted by Crippen LogP contribution is -2.24. The molecule has 0 saturated heterocycles. The van der Waals surface area contributed by atoms with Gasteiger partial charge in [-0.3, -0.25) is 0 Å². The Bertz CT molecular complexity index is 226. The van der Waals surface area contributed by atoms with Crippen LogP contribution in [-0.2, 0) is 0 Å². The SMILES string of the molecule is OCCNC[C@H](O)c1ccccc1. The van der Waals surface area contributed by atoms with Gasteiger partial charge in [0.05, 0.1) is 12.7 Å². The quantitative estimate of drug-likeness (QED) is 0.573. The van der Waals surface area contributed by atoms with Crippen molar-refractivity contribution in [2.24, 2.45) is 0 Å². The zero-order chi connectivity index (χ0) is 9.52. The fourth-order valence-electron chi connectivity index (χ4n) is 1.11. The average molecular weight is 181 g/mol. The van der Waals surface area contributed by atoms with Gasteiger partial charge < -0.3 is 15.5 Å². The van der Waals surface area contributed by atoms with Crippen LogP contribution in [0.5, 0.6) is 0 Å². The standard InChI is InChI=1S/C10H15NO2/c12-7-6-11-8-10(13)9-4-2-1-3-5-9/h1-5,10-13H,6-8H2/t10-/m0/s1. The van der Waals surface area contributed by atoms with E-state index in [9.17, 15) is 5.11 Å². The molecule has 0 aliphatic rings. The van der Waals surface area contributed by atoms with Gasteiger partial charge in [-0.2, -0.15) is 0 Å². The molecule has 0 heterocycles. The van der Waals surface area contributed by atoms with E-state index >= 15 is 0 Å². The van der Waals surface area contributed by atoms with Crippen LogP contribution < -0.4 is 5.32 Å². The van der Waals surface area contributed by atoms with Crippen LogP contribution in [0.1, 0.15) is 11.7 Å². The Morgan fingerprint density at radius 3 is 2.54 bits per heavy atom. The molecule has 0 bridgehead atoms. The van der Waals surface area contributed by atoms with Gasteiger partial charge in [0.1, 0.15) is 0 Å². The highest BCUT2D eigenvalue weighted by atomic mass is 16.3. The number of benzene rings is 1. The fourth-order valence-corrected chi connectivity index (χ4v) is 1.11. The van der Waals surface area contributed by atoms with E-state index in [1.807, 2.05) is 30.3 Å². The summed E-state index contributed by atoms with van der Waals surface area (Å²) in [7, 11) is 0. The second-order valence-corrected chi connectivity index (χ2v) is 2.85. The molecule has 72 valence electrons. The number of hydrogen-bond acceptors (Lipinski definition) is 3. The number of hydrogen-bond donors (Lipinski definition) is 3. The third kappa shape index (κ3) is 3.55. The van der Waals surface area contributed by atoms with E-state index in [2.05, 4.69) is 5.32 Å². The molecule has 0 fully saturated rings. The highest BCUT2D eigenvalue weighted by Gasteiger charge is 2.04. The van der Waals surface area contributed by atoms with Crippen LogP contribution in [0, 0.1) is 0 Å². The zero-order valence-electron chi connectivity index (χ0n) is 7.48. The first-order valence-corrected chi connectivity index (χ1v) is 4.39. The van der Waals surface area contributed by atoms with Gasteiger partial charge in [0.15, 0.2) is 0 Å². The summed E-state index contributed by atoms with van der Waals surface area (Å²) >= 11 is 0. The van der Waals surface area contributed by atoms with Crippen LogP contribution in [0.15, 0.2) is 30.3 Å². The molecular weight excluding hydrogens is 166 g/mol. The minimum absolute atomic E-state index is 0.0987. The number of aliphatic hydroxyl groups excluding tert-OH is 2. The number of aliphatic hydroxyl groups is 2. The first-order valence-electron chi connectivity index (χ1n) is 4.39. The van der Waals surface area contributed by atoms with Crippen molar-refractivity contribution in [1.82, 2.24) is 5.32 Å². The topological polar surface area (TPSA) is 52.5 Å². The van der Waals surface area contributed by atoms with E-state index in [-0.39, 0.29) is 6.61 Å². The Labute approximate surface area is 78.0 Å². The van der Waals surface area contributed by atoms with E-state index in [0.717, 1.165) is 5.56 Å².